The Labute approximate surface area is 120 Å². The first-order valence-electron chi connectivity index (χ1n) is 5.90. The number of phenolic OH excluding ortho intramolecular Hbond substituents is 1. The average molecular weight is 293 g/mol. The SMILES string of the molecule is COc1ccc(O)c(NC(=O)c2csc(C(C)N)n2)c1. The average Bonchev–Trinajstić information content (AvgIpc) is 2.91. The van der Waals surface area contributed by atoms with Gasteiger partial charge in [0.25, 0.3) is 5.91 Å². The predicted octanol–water partition coefficient (Wildman–Crippen LogP) is 2.13. The van der Waals surface area contributed by atoms with Gasteiger partial charge in [0.15, 0.2) is 0 Å². The normalized spacial score (nSPS) is 11.9. The third kappa shape index (κ3) is 3.06. The van der Waals surface area contributed by atoms with Crippen LogP contribution in [0.2, 0.25) is 0 Å². The van der Waals surface area contributed by atoms with Crippen LogP contribution in [-0.2, 0) is 0 Å². The molecule has 2 aromatic rings. The highest BCUT2D eigenvalue weighted by molar-refractivity contribution is 7.09. The number of aromatic nitrogens is 1. The van der Waals surface area contributed by atoms with Crippen molar-refractivity contribution in [1.82, 2.24) is 4.98 Å². The monoisotopic (exact) mass is 293 g/mol. The molecule has 0 bridgehead atoms. The molecule has 106 valence electrons. The highest BCUT2D eigenvalue weighted by Crippen LogP contribution is 2.28. The number of benzene rings is 1. The number of ether oxygens (including phenoxy) is 1. The number of carbonyl (C=O) groups is 1. The Kier molecular flexibility index (Phi) is 4.21. The van der Waals surface area contributed by atoms with Gasteiger partial charge >= 0.3 is 0 Å². The van der Waals surface area contributed by atoms with Crippen molar-refractivity contribution in [2.24, 2.45) is 5.73 Å². The van der Waals surface area contributed by atoms with E-state index in [9.17, 15) is 9.90 Å². The first-order chi connectivity index (χ1) is 9.51. The first-order valence-corrected chi connectivity index (χ1v) is 6.78. The third-order valence-corrected chi connectivity index (χ3v) is 3.64. The molecule has 6 nitrogen and oxygen atoms in total. The summed E-state index contributed by atoms with van der Waals surface area (Å²) < 4.78 is 5.04. The molecule has 1 heterocycles. The summed E-state index contributed by atoms with van der Waals surface area (Å²) in [5.74, 6) is 0.0890. The van der Waals surface area contributed by atoms with Crippen LogP contribution >= 0.6 is 11.3 Å². The fraction of sp³-hybridized carbons (Fsp3) is 0.231. The molecule has 0 spiro atoms. The topological polar surface area (TPSA) is 97.5 Å². The number of hydrogen-bond acceptors (Lipinski definition) is 6. The molecule has 20 heavy (non-hydrogen) atoms. The molecule has 0 saturated carbocycles. The maximum Gasteiger partial charge on any atom is 0.275 e. The molecule has 0 radical (unpaired) electrons. The molecule has 0 aliphatic rings. The Morgan fingerprint density at radius 2 is 2.30 bits per heavy atom. The lowest BCUT2D eigenvalue weighted by atomic mass is 10.2. The van der Waals surface area contributed by atoms with Crippen LogP contribution in [0.1, 0.15) is 28.5 Å². The van der Waals surface area contributed by atoms with Gasteiger partial charge in [0.05, 0.1) is 18.8 Å². The molecule has 4 N–H and O–H groups in total. The van der Waals surface area contributed by atoms with Crippen molar-refractivity contribution in [3.63, 3.8) is 0 Å². The van der Waals surface area contributed by atoms with Crippen LogP contribution < -0.4 is 15.8 Å². The number of amides is 1. The summed E-state index contributed by atoms with van der Waals surface area (Å²) >= 11 is 1.32. The number of carbonyl (C=O) groups excluding carboxylic acids is 1. The summed E-state index contributed by atoms with van der Waals surface area (Å²) in [7, 11) is 1.51. The Bertz CT molecular complexity index is 625. The number of thiazole rings is 1. The van der Waals surface area contributed by atoms with Crippen molar-refractivity contribution >= 4 is 22.9 Å². The van der Waals surface area contributed by atoms with Crippen molar-refractivity contribution in [2.45, 2.75) is 13.0 Å². The van der Waals surface area contributed by atoms with Gasteiger partial charge in [-0.15, -0.1) is 11.3 Å². The minimum atomic E-state index is -0.406. The smallest absolute Gasteiger partial charge is 0.275 e. The number of nitrogens with two attached hydrogens (primary N) is 1. The van der Waals surface area contributed by atoms with Gasteiger partial charge in [0.2, 0.25) is 0 Å². The van der Waals surface area contributed by atoms with Crippen molar-refractivity contribution in [3.05, 3.63) is 34.3 Å². The molecular formula is C13H15N3O3S. The van der Waals surface area contributed by atoms with Gasteiger partial charge < -0.3 is 20.9 Å². The summed E-state index contributed by atoms with van der Waals surface area (Å²) in [6.07, 6.45) is 0. The molecule has 0 aliphatic carbocycles. The second kappa shape index (κ2) is 5.89. The van der Waals surface area contributed by atoms with Crippen LogP contribution in [0, 0.1) is 0 Å². The lowest BCUT2D eigenvalue weighted by Crippen LogP contribution is -2.13. The van der Waals surface area contributed by atoms with Gasteiger partial charge in [-0.25, -0.2) is 4.98 Å². The number of nitrogens with zero attached hydrogens (tertiary/aromatic N) is 1. The molecule has 1 aromatic carbocycles. The van der Waals surface area contributed by atoms with Gasteiger partial charge in [-0.1, -0.05) is 0 Å². The Morgan fingerprint density at radius 1 is 1.55 bits per heavy atom. The van der Waals surface area contributed by atoms with E-state index in [1.54, 1.807) is 18.4 Å². The van der Waals surface area contributed by atoms with E-state index in [4.69, 9.17) is 10.5 Å². The Hall–Kier alpha value is -2.12. The van der Waals surface area contributed by atoms with Crippen LogP contribution in [0.4, 0.5) is 5.69 Å². The van der Waals surface area contributed by atoms with Crippen molar-refractivity contribution in [3.8, 4) is 11.5 Å². The molecule has 0 fully saturated rings. The zero-order valence-electron chi connectivity index (χ0n) is 11.1. The fourth-order valence-electron chi connectivity index (χ4n) is 1.53. The maximum atomic E-state index is 12.0. The largest absolute Gasteiger partial charge is 0.506 e. The van der Waals surface area contributed by atoms with Crippen molar-refractivity contribution < 1.29 is 14.6 Å². The van der Waals surface area contributed by atoms with E-state index in [0.717, 1.165) is 0 Å². The lowest BCUT2D eigenvalue weighted by Gasteiger charge is -2.08. The summed E-state index contributed by atoms with van der Waals surface area (Å²) in [4.78, 5) is 16.2. The van der Waals surface area contributed by atoms with E-state index in [1.807, 2.05) is 0 Å². The molecule has 1 aromatic heterocycles. The van der Waals surface area contributed by atoms with E-state index < -0.39 is 5.91 Å². The second-order valence-corrected chi connectivity index (χ2v) is 5.09. The number of phenols is 1. The molecule has 7 heteroatoms. The quantitative estimate of drug-likeness (QED) is 0.750. The molecule has 1 unspecified atom stereocenters. The van der Waals surface area contributed by atoms with Crippen LogP contribution in [0.5, 0.6) is 11.5 Å². The Balaban J connectivity index is 2.18. The number of nitrogens with one attached hydrogen (secondary N) is 1. The number of aromatic hydroxyl groups is 1. The van der Waals surface area contributed by atoms with Crippen molar-refractivity contribution in [1.29, 1.82) is 0 Å². The van der Waals surface area contributed by atoms with E-state index in [2.05, 4.69) is 10.3 Å². The first kappa shape index (κ1) is 14.3. The van der Waals surface area contributed by atoms with Crippen molar-refractivity contribution in [2.75, 3.05) is 12.4 Å². The molecule has 2 rings (SSSR count). The zero-order valence-corrected chi connectivity index (χ0v) is 11.9. The maximum absolute atomic E-state index is 12.0. The van der Waals surface area contributed by atoms with E-state index in [-0.39, 0.29) is 23.2 Å². The standard InChI is InChI=1S/C13H15N3O3S/c1-7(14)13-16-10(6-20-13)12(18)15-9-5-8(19-2)3-4-11(9)17/h3-7,17H,14H2,1-2H3,(H,15,18). The van der Waals surface area contributed by atoms with Crippen LogP contribution in [0.15, 0.2) is 23.6 Å². The third-order valence-electron chi connectivity index (χ3n) is 2.60. The summed E-state index contributed by atoms with van der Waals surface area (Å²) in [6.45, 7) is 1.80. The zero-order chi connectivity index (χ0) is 14.7. The number of rotatable bonds is 4. The van der Waals surface area contributed by atoms with Gasteiger partial charge in [-0.3, -0.25) is 4.79 Å². The van der Waals surface area contributed by atoms with Crippen LogP contribution in [-0.4, -0.2) is 23.1 Å². The molecule has 0 aliphatic heterocycles. The van der Waals surface area contributed by atoms with Gasteiger partial charge in [-0.2, -0.15) is 0 Å². The van der Waals surface area contributed by atoms with Gasteiger partial charge in [0.1, 0.15) is 22.2 Å². The number of hydrogen-bond donors (Lipinski definition) is 3. The van der Waals surface area contributed by atoms with E-state index in [1.165, 1.54) is 30.6 Å². The Morgan fingerprint density at radius 3 is 2.90 bits per heavy atom. The van der Waals surface area contributed by atoms with Crippen LogP contribution in [0.25, 0.3) is 0 Å². The lowest BCUT2D eigenvalue weighted by molar-refractivity contribution is 0.102. The summed E-state index contributed by atoms with van der Waals surface area (Å²) in [5.41, 5.74) is 6.24. The van der Waals surface area contributed by atoms with E-state index >= 15 is 0 Å². The number of methoxy groups -OCH3 is 1. The van der Waals surface area contributed by atoms with Gasteiger partial charge in [-0.05, 0) is 19.1 Å². The fourth-order valence-corrected chi connectivity index (χ4v) is 2.29. The molecular weight excluding hydrogens is 278 g/mol. The highest BCUT2D eigenvalue weighted by atomic mass is 32.1. The molecule has 0 saturated heterocycles. The second-order valence-electron chi connectivity index (χ2n) is 4.20. The molecule has 1 atom stereocenters. The predicted molar refractivity (Wildman–Crippen MR) is 77.3 cm³/mol. The van der Waals surface area contributed by atoms with E-state index in [0.29, 0.717) is 10.8 Å². The minimum Gasteiger partial charge on any atom is -0.506 e. The summed E-state index contributed by atoms with van der Waals surface area (Å²) in [6, 6.07) is 4.36. The minimum absolute atomic E-state index is 0.0400. The summed E-state index contributed by atoms with van der Waals surface area (Å²) in [5, 5.41) is 14.6. The highest BCUT2D eigenvalue weighted by Gasteiger charge is 2.14. The molecule has 1 amide bonds. The van der Waals surface area contributed by atoms with Crippen LogP contribution in [0.3, 0.4) is 0 Å². The van der Waals surface area contributed by atoms with Gasteiger partial charge in [0, 0.05) is 11.4 Å². The number of anilines is 1.